The molecule has 0 aliphatic carbocycles. The first kappa shape index (κ1) is 9.06. The van der Waals surface area contributed by atoms with Crippen LogP contribution in [-0.4, -0.2) is 8.41 Å². The zero-order valence-corrected chi connectivity index (χ0v) is 3.92. The van der Waals surface area contributed by atoms with Crippen LogP contribution >= 0.6 is 0 Å². The van der Waals surface area contributed by atoms with Crippen LogP contribution in [0.4, 0.5) is 17.6 Å². The van der Waals surface area contributed by atoms with E-state index in [-0.39, 0.29) is 8.41 Å². The van der Waals surface area contributed by atoms with Gasteiger partial charge in [0, 0.05) is 0 Å². The van der Waals surface area contributed by atoms with Crippen molar-refractivity contribution in [1.29, 1.82) is 0 Å². The first-order valence-electron chi connectivity index (χ1n) is 1.91. The maximum Gasteiger partial charge on any atom is 0.319 e. The fourth-order valence-electron chi connectivity index (χ4n) is 0.341. The summed E-state index contributed by atoms with van der Waals surface area (Å²) in [4.78, 5) is 0. The Balaban J connectivity index is 0.000000810. The fraction of sp³-hybridized carbons (Fsp3) is 0. The molecular weight excluding hydrogens is 151 g/mol. The van der Waals surface area contributed by atoms with Gasteiger partial charge in [-0.2, -0.15) is 17.6 Å². The van der Waals surface area contributed by atoms with Crippen molar-refractivity contribution in [2.75, 3.05) is 0 Å². The number of hydrogen-bond acceptors (Lipinski definition) is 1. The number of rotatable bonds is 0. The monoisotopic (exact) mass is 154 g/mol. The van der Waals surface area contributed by atoms with Crippen molar-refractivity contribution in [2.24, 2.45) is 0 Å². The summed E-state index contributed by atoms with van der Waals surface area (Å²) in [5.74, 6) is -3.85. The van der Waals surface area contributed by atoms with Crippen molar-refractivity contribution >= 4 is 8.41 Å². The summed E-state index contributed by atoms with van der Waals surface area (Å²) >= 11 is 0. The zero-order chi connectivity index (χ0) is 7.02. The van der Waals surface area contributed by atoms with Gasteiger partial charge in [-0.05, 0) is 0 Å². The van der Waals surface area contributed by atoms with Gasteiger partial charge in [0.2, 0.25) is 11.6 Å². The lowest BCUT2D eigenvalue weighted by atomic mass is 10.6. The largest absolute Gasteiger partial charge is 0.399 e. The molecule has 0 amide bonds. The Bertz CT molecular complexity index is 211. The first-order valence-corrected chi connectivity index (χ1v) is 1.91. The highest BCUT2D eigenvalue weighted by atomic mass is 19.2. The summed E-state index contributed by atoms with van der Waals surface area (Å²) in [6.07, 6.45) is 0. The summed E-state index contributed by atoms with van der Waals surface area (Å²) < 4.78 is 49.8. The first-order chi connectivity index (χ1) is 4.13. The van der Waals surface area contributed by atoms with Crippen LogP contribution in [0.5, 0.6) is 0 Å². The smallest absolute Gasteiger partial charge is 0.319 e. The van der Waals surface area contributed by atoms with Gasteiger partial charge in [0.05, 0.1) is 8.41 Å². The van der Waals surface area contributed by atoms with Crippen LogP contribution in [0.15, 0.2) is 4.42 Å². The van der Waals surface area contributed by atoms with E-state index in [0.29, 0.717) is 0 Å². The highest BCUT2D eigenvalue weighted by Gasteiger charge is 2.19. The van der Waals surface area contributed by atoms with E-state index >= 15 is 0 Å². The second-order valence-corrected chi connectivity index (χ2v) is 1.28. The minimum Gasteiger partial charge on any atom is -0.399 e. The minimum absolute atomic E-state index is 0. The Morgan fingerprint density at radius 2 is 1.10 bits per heavy atom. The van der Waals surface area contributed by atoms with Crippen molar-refractivity contribution in [3.8, 4) is 0 Å². The van der Waals surface area contributed by atoms with E-state index in [1.807, 2.05) is 0 Å². The Kier molecular flexibility index (Phi) is 2.51. The summed E-state index contributed by atoms with van der Waals surface area (Å²) in [6.45, 7) is 0. The van der Waals surface area contributed by atoms with Gasteiger partial charge < -0.3 is 4.42 Å². The molecular formula is C4H3BF4O. The van der Waals surface area contributed by atoms with Crippen molar-refractivity contribution in [3.63, 3.8) is 0 Å². The summed E-state index contributed by atoms with van der Waals surface area (Å²) in [7, 11) is 0. The van der Waals surface area contributed by atoms with Crippen LogP contribution in [-0.2, 0) is 0 Å². The van der Waals surface area contributed by atoms with Gasteiger partial charge in [0.25, 0.3) is 0 Å². The van der Waals surface area contributed by atoms with Gasteiger partial charge in [0.1, 0.15) is 0 Å². The third-order valence-electron chi connectivity index (χ3n) is 0.717. The summed E-state index contributed by atoms with van der Waals surface area (Å²) in [6, 6.07) is -3.74. The minimum atomic E-state index is -1.92. The molecule has 0 aliphatic rings. The summed E-state index contributed by atoms with van der Waals surface area (Å²) in [5.41, 5.74) is 0. The fourth-order valence-corrected chi connectivity index (χ4v) is 0.341. The lowest BCUT2D eigenvalue weighted by Crippen LogP contribution is -1.78. The zero-order valence-electron chi connectivity index (χ0n) is 3.92. The molecule has 0 saturated heterocycles. The van der Waals surface area contributed by atoms with Gasteiger partial charge in [-0.1, -0.05) is 0 Å². The van der Waals surface area contributed by atoms with E-state index in [2.05, 4.69) is 4.42 Å². The SMILES string of the molecule is B.Fc1oc(F)c(F)c1F. The van der Waals surface area contributed by atoms with Crippen LogP contribution in [0.1, 0.15) is 0 Å². The van der Waals surface area contributed by atoms with Gasteiger partial charge in [-0.25, -0.2) is 0 Å². The molecule has 0 fully saturated rings. The molecule has 0 atom stereocenters. The molecule has 1 nitrogen and oxygen atoms in total. The van der Waals surface area contributed by atoms with Crippen LogP contribution < -0.4 is 0 Å². The summed E-state index contributed by atoms with van der Waals surface area (Å²) in [5, 5.41) is 0. The van der Waals surface area contributed by atoms with Crippen LogP contribution in [0.3, 0.4) is 0 Å². The molecule has 0 unspecified atom stereocenters. The van der Waals surface area contributed by atoms with Crippen molar-refractivity contribution in [2.45, 2.75) is 0 Å². The molecule has 1 rings (SSSR count). The molecule has 1 heterocycles. The van der Waals surface area contributed by atoms with E-state index in [9.17, 15) is 17.6 Å². The molecule has 0 bridgehead atoms. The van der Waals surface area contributed by atoms with Crippen LogP contribution in [0, 0.1) is 23.7 Å². The van der Waals surface area contributed by atoms with E-state index in [0.717, 1.165) is 0 Å². The second kappa shape index (κ2) is 2.77. The van der Waals surface area contributed by atoms with Crippen LogP contribution in [0.2, 0.25) is 0 Å². The third kappa shape index (κ3) is 1.15. The predicted octanol–water partition coefficient (Wildman–Crippen LogP) is 0.652. The second-order valence-electron chi connectivity index (χ2n) is 1.28. The maximum absolute atomic E-state index is 11.7. The standard InChI is InChI=1S/C4F4O.BH3/c5-1-2(6)4(8)9-3(1)7;/h;1H3. The molecule has 1 aromatic heterocycles. The molecule has 56 valence electrons. The molecule has 0 N–H and O–H groups in total. The molecule has 1 aromatic rings. The van der Waals surface area contributed by atoms with E-state index < -0.39 is 23.7 Å². The number of furan rings is 1. The van der Waals surface area contributed by atoms with E-state index in [1.54, 1.807) is 0 Å². The van der Waals surface area contributed by atoms with Crippen molar-refractivity contribution in [1.82, 2.24) is 0 Å². The Morgan fingerprint density at radius 3 is 1.20 bits per heavy atom. The van der Waals surface area contributed by atoms with Gasteiger partial charge in [-0.3, -0.25) is 0 Å². The normalized spacial score (nSPS) is 9.20. The number of hydrogen-bond donors (Lipinski definition) is 0. The average Bonchev–Trinajstić information content (AvgIpc) is 1.98. The van der Waals surface area contributed by atoms with Crippen molar-refractivity contribution < 1.29 is 22.0 Å². The molecule has 0 saturated carbocycles. The Hall–Kier alpha value is -0.935. The molecule has 0 spiro atoms. The maximum atomic E-state index is 11.7. The highest BCUT2D eigenvalue weighted by Crippen LogP contribution is 2.15. The molecule has 6 heteroatoms. The highest BCUT2D eigenvalue weighted by molar-refractivity contribution is 5.75. The lowest BCUT2D eigenvalue weighted by Gasteiger charge is -1.71. The van der Waals surface area contributed by atoms with Gasteiger partial charge in [0.15, 0.2) is 0 Å². The lowest BCUT2D eigenvalue weighted by molar-refractivity contribution is 0.248. The van der Waals surface area contributed by atoms with E-state index in [4.69, 9.17) is 0 Å². The van der Waals surface area contributed by atoms with Gasteiger partial charge >= 0.3 is 12.0 Å². The molecule has 0 aromatic carbocycles. The third-order valence-corrected chi connectivity index (χ3v) is 0.717. The average molecular weight is 154 g/mol. The Labute approximate surface area is 55.2 Å². The Morgan fingerprint density at radius 1 is 0.800 bits per heavy atom. The van der Waals surface area contributed by atoms with E-state index in [1.165, 1.54) is 0 Å². The van der Waals surface area contributed by atoms with Crippen molar-refractivity contribution in [3.05, 3.63) is 23.7 Å². The topological polar surface area (TPSA) is 13.1 Å². The molecule has 0 radical (unpaired) electrons. The van der Waals surface area contributed by atoms with Gasteiger partial charge in [-0.15, -0.1) is 0 Å². The van der Waals surface area contributed by atoms with Crippen LogP contribution in [0.25, 0.3) is 0 Å². The predicted molar refractivity (Wildman–Crippen MR) is 28.5 cm³/mol. The molecule has 10 heavy (non-hydrogen) atoms. The quantitative estimate of drug-likeness (QED) is 0.395. The molecule has 0 aliphatic heterocycles. The number of halogens is 4.